The lowest BCUT2D eigenvalue weighted by Crippen LogP contribution is -2.33. The number of para-hydroxylation sites is 1. The van der Waals surface area contributed by atoms with E-state index in [0.717, 1.165) is 6.42 Å². The van der Waals surface area contributed by atoms with Crippen LogP contribution in [0.5, 0.6) is 11.5 Å². The fourth-order valence-electron chi connectivity index (χ4n) is 2.92. The Morgan fingerprint density at radius 3 is 2.97 bits per heavy atom. The van der Waals surface area contributed by atoms with E-state index >= 15 is 0 Å². The van der Waals surface area contributed by atoms with Crippen molar-refractivity contribution in [2.24, 2.45) is 5.41 Å². The predicted molar refractivity (Wildman–Crippen MR) is 110 cm³/mol. The van der Waals surface area contributed by atoms with Crippen molar-refractivity contribution in [2.45, 2.75) is 27.2 Å². The number of nitrogens with one attached hydrogen (secondary N) is 2. The molecule has 0 unspecified atom stereocenters. The summed E-state index contributed by atoms with van der Waals surface area (Å²) in [6.07, 6.45) is 2.43. The van der Waals surface area contributed by atoms with Crippen molar-refractivity contribution in [2.75, 3.05) is 24.4 Å². The van der Waals surface area contributed by atoms with Crippen molar-refractivity contribution in [3.8, 4) is 11.5 Å². The molecular formula is C20H24N6O3. The highest BCUT2D eigenvalue weighted by Gasteiger charge is 2.21. The number of nitrogen functional groups attached to an aromatic ring is 1. The van der Waals surface area contributed by atoms with Crippen molar-refractivity contribution in [1.29, 1.82) is 0 Å². The van der Waals surface area contributed by atoms with E-state index in [1.165, 1.54) is 10.7 Å². The molecule has 1 aliphatic rings. The number of amides is 1. The molecule has 0 aliphatic carbocycles. The first-order valence-electron chi connectivity index (χ1n) is 9.46. The van der Waals surface area contributed by atoms with Gasteiger partial charge < -0.3 is 25.8 Å². The molecular weight excluding hydrogens is 372 g/mol. The molecule has 0 saturated heterocycles. The van der Waals surface area contributed by atoms with Crippen LogP contribution in [0.4, 0.5) is 17.3 Å². The van der Waals surface area contributed by atoms with Gasteiger partial charge in [-0.25, -0.2) is 4.98 Å². The number of hydrogen-bond donors (Lipinski definition) is 3. The van der Waals surface area contributed by atoms with Gasteiger partial charge in [0.05, 0.1) is 11.9 Å². The van der Waals surface area contributed by atoms with Gasteiger partial charge in [-0.2, -0.15) is 9.61 Å². The van der Waals surface area contributed by atoms with Gasteiger partial charge in [0.25, 0.3) is 5.91 Å². The maximum Gasteiger partial charge on any atom is 0.256 e. The summed E-state index contributed by atoms with van der Waals surface area (Å²) < 4.78 is 12.4. The number of nitrogens with two attached hydrogens (primary N) is 1. The summed E-state index contributed by atoms with van der Waals surface area (Å²) in [7, 11) is 0. The average Bonchev–Trinajstić information content (AvgIpc) is 3.34. The van der Waals surface area contributed by atoms with E-state index in [9.17, 15) is 4.79 Å². The highest BCUT2D eigenvalue weighted by molar-refractivity contribution is 6.00. The molecule has 1 amide bonds. The second kappa shape index (κ2) is 7.16. The second-order valence-electron chi connectivity index (χ2n) is 7.72. The van der Waals surface area contributed by atoms with Crippen LogP contribution in [0.3, 0.4) is 0 Å². The molecule has 0 bridgehead atoms. The first-order chi connectivity index (χ1) is 13.9. The quantitative estimate of drug-likeness (QED) is 0.586. The number of anilines is 3. The number of fused-ring (bicyclic) bond motifs is 2. The van der Waals surface area contributed by atoms with Crippen LogP contribution in [0.15, 0.2) is 30.5 Å². The van der Waals surface area contributed by atoms with Crippen LogP contribution in [-0.4, -0.2) is 33.8 Å². The predicted octanol–water partition coefficient (Wildman–Crippen LogP) is 2.95. The normalized spacial score (nSPS) is 12.9. The molecule has 2 aromatic heterocycles. The third-order valence-electron chi connectivity index (χ3n) is 5.09. The maximum absolute atomic E-state index is 12.7. The fourth-order valence-corrected chi connectivity index (χ4v) is 2.92. The van der Waals surface area contributed by atoms with Gasteiger partial charge in [0.2, 0.25) is 6.79 Å². The molecule has 0 atom stereocenters. The summed E-state index contributed by atoms with van der Waals surface area (Å²) in [6, 6.07) is 7.18. The molecule has 1 aliphatic heterocycles. The Bertz CT molecular complexity index is 1080. The molecule has 0 spiro atoms. The highest BCUT2D eigenvalue weighted by atomic mass is 16.7. The molecule has 0 saturated carbocycles. The lowest BCUT2D eigenvalue weighted by atomic mass is 9.90. The Balaban J connectivity index is 1.63. The molecule has 3 heterocycles. The van der Waals surface area contributed by atoms with Gasteiger partial charge in [-0.05, 0) is 24.0 Å². The summed E-state index contributed by atoms with van der Waals surface area (Å²) >= 11 is 0. The minimum Gasteiger partial charge on any atom is -0.454 e. The monoisotopic (exact) mass is 396 g/mol. The molecule has 0 radical (unpaired) electrons. The van der Waals surface area contributed by atoms with Crippen molar-refractivity contribution in [3.63, 3.8) is 0 Å². The summed E-state index contributed by atoms with van der Waals surface area (Å²) in [5.74, 6) is 1.87. The first-order valence-corrected chi connectivity index (χ1v) is 9.46. The summed E-state index contributed by atoms with van der Waals surface area (Å²) in [5, 5.41) is 10.4. The Morgan fingerprint density at radius 1 is 1.34 bits per heavy atom. The molecule has 29 heavy (non-hydrogen) atoms. The topological polar surface area (TPSA) is 116 Å². The Hall–Kier alpha value is -3.49. The van der Waals surface area contributed by atoms with Gasteiger partial charge >= 0.3 is 0 Å². The van der Waals surface area contributed by atoms with Crippen LogP contribution in [-0.2, 0) is 0 Å². The number of carbonyl (C=O) groups is 1. The average molecular weight is 396 g/mol. The smallest absolute Gasteiger partial charge is 0.256 e. The van der Waals surface area contributed by atoms with Gasteiger partial charge in [0, 0.05) is 12.6 Å². The van der Waals surface area contributed by atoms with Crippen LogP contribution >= 0.6 is 0 Å². The van der Waals surface area contributed by atoms with E-state index in [4.69, 9.17) is 15.2 Å². The summed E-state index contributed by atoms with van der Waals surface area (Å²) in [5.41, 5.74) is 7.59. The van der Waals surface area contributed by atoms with Crippen LogP contribution in [0.25, 0.3) is 5.65 Å². The van der Waals surface area contributed by atoms with E-state index in [0.29, 0.717) is 46.6 Å². The Labute approximate surface area is 168 Å². The third-order valence-corrected chi connectivity index (χ3v) is 5.09. The fraction of sp³-hybridized carbons (Fsp3) is 0.350. The van der Waals surface area contributed by atoms with E-state index in [2.05, 4.69) is 41.5 Å². The molecule has 4 N–H and O–H groups in total. The van der Waals surface area contributed by atoms with E-state index in [1.54, 1.807) is 6.07 Å². The van der Waals surface area contributed by atoms with Crippen molar-refractivity contribution in [1.82, 2.24) is 19.9 Å². The van der Waals surface area contributed by atoms with E-state index in [-0.39, 0.29) is 18.1 Å². The number of ether oxygens (including phenoxy) is 2. The molecule has 0 fully saturated rings. The van der Waals surface area contributed by atoms with Crippen molar-refractivity contribution >= 4 is 28.9 Å². The number of nitrogens with zero attached hydrogens (tertiary/aromatic N) is 3. The molecule has 1 aromatic carbocycles. The standard InChI is InChI=1S/C20H24N6O3/c1-4-20(2,3)10-22-19(27)12-9-23-26-15(21)8-16(25-18(12)26)24-13-6-5-7-14-17(13)29-11-28-14/h5-9H,4,10-11,21H2,1-3H3,(H,22,27)(H,24,25). The number of carbonyl (C=O) groups excluding carboxylic acids is 1. The number of hydrogen-bond acceptors (Lipinski definition) is 7. The van der Waals surface area contributed by atoms with Gasteiger partial charge in [0.1, 0.15) is 17.2 Å². The summed E-state index contributed by atoms with van der Waals surface area (Å²) in [6.45, 7) is 7.03. The van der Waals surface area contributed by atoms with E-state index < -0.39 is 0 Å². The minimum atomic E-state index is -0.233. The van der Waals surface area contributed by atoms with Crippen LogP contribution in [0.1, 0.15) is 37.6 Å². The summed E-state index contributed by atoms with van der Waals surface area (Å²) in [4.78, 5) is 17.3. The maximum atomic E-state index is 12.7. The van der Waals surface area contributed by atoms with Gasteiger partial charge in [0.15, 0.2) is 17.1 Å². The number of aromatic nitrogens is 3. The highest BCUT2D eigenvalue weighted by Crippen LogP contribution is 2.40. The molecule has 152 valence electrons. The molecule has 9 heteroatoms. The van der Waals surface area contributed by atoms with Gasteiger partial charge in [-0.15, -0.1) is 0 Å². The van der Waals surface area contributed by atoms with Crippen molar-refractivity contribution < 1.29 is 14.3 Å². The zero-order chi connectivity index (χ0) is 20.6. The largest absolute Gasteiger partial charge is 0.454 e. The molecule has 4 rings (SSSR count). The van der Waals surface area contributed by atoms with E-state index in [1.807, 2.05) is 18.2 Å². The minimum absolute atomic E-state index is 0.00750. The lowest BCUT2D eigenvalue weighted by Gasteiger charge is -2.22. The first kappa shape index (κ1) is 18.9. The molecule has 9 nitrogen and oxygen atoms in total. The van der Waals surface area contributed by atoms with Crippen LogP contribution in [0, 0.1) is 5.41 Å². The lowest BCUT2D eigenvalue weighted by molar-refractivity contribution is 0.0937. The van der Waals surface area contributed by atoms with Crippen LogP contribution < -0.4 is 25.8 Å². The second-order valence-corrected chi connectivity index (χ2v) is 7.72. The van der Waals surface area contributed by atoms with Gasteiger partial charge in [-0.1, -0.05) is 26.8 Å². The zero-order valence-electron chi connectivity index (χ0n) is 16.7. The third kappa shape index (κ3) is 3.63. The van der Waals surface area contributed by atoms with Gasteiger partial charge in [-0.3, -0.25) is 4.79 Å². The van der Waals surface area contributed by atoms with Crippen molar-refractivity contribution in [3.05, 3.63) is 36.0 Å². The Morgan fingerprint density at radius 2 is 2.17 bits per heavy atom. The SMILES string of the molecule is CCC(C)(C)CNC(=O)c1cnn2c(N)cc(Nc3cccc4c3OCO4)nc12. The van der Waals surface area contributed by atoms with Crippen LogP contribution in [0.2, 0.25) is 0 Å². The Kier molecular flexibility index (Phi) is 4.65. The zero-order valence-corrected chi connectivity index (χ0v) is 16.7. The number of rotatable bonds is 6. The molecule has 3 aromatic rings. The number of benzene rings is 1.